The zero-order valence-electron chi connectivity index (χ0n) is 22.3. The molecule has 1 aromatic heterocycles. The Hall–Kier alpha value is -3.36. The Balaban J connectivity index is 1.42. The number of carbonyl (C=O) groups is 1. The van der Waals surface area contributed by atoms with E-state index in [0.29, 0.717) is 17.4 Å². The van der Waals surface area contributed by atoms with E-state index in [-0.39, 0.29) is 18.1 Å². The average Bonchev–Trinajstić information content (AvgIpc) is 3.48. The summed E-state index contributed by atoms with van der Waals surface area (Å²) in [6.45, 7) is 10.6. The van der Waals surface area contributed by atoms with Crippen molar-refractivity contribution < 1.29 is 14.3 Å². The second-order valence-corrected chi connectivity index (χ2v) is 11.3. The number of hydrogen-bond acceptors (Lipinski definition) is 6. The van der Waals surface area contributed by atoms with Gasteiger partial charge in [-0.2, -0.15) is 10.1 Å². The molecule has 3 aromatic rings. The quantitative estimate of drug-likeness (QED) is 0.347. The van der Waals surface area contributed by atoms with Crippen molar-refractivity contribution in [3.8, 4) is 22.7 Å². The van der Waals surface area contributed by atoms with Gasteiger partial charge in [0.15, 0.2) is 5.17 Å². The first-order chi connectivity index (χ1) is 18.4. The molecule has 1 amide bonds. The van der Waals surface area contributed by atoms with Gasteiger partial charge in [0.25, 0.3) is 5.91 Å². The molecule has 0 spiro atoms. The lowest BCUT2D eigenvalue weighted by Gasteiger charge is -2.35. The lowest BCUT2D eigenvalue weighted by atomic mass is 10.1. The molecule has 3 heterocycles. The second kappa shape index (κ2) is 11.6. The fourth-order valence-electron chi connectivity index (χ4n) is 4.56. The summed E-state index contributed by atoms with van der Waals surface area (Å²) in [6, 6.07) is 18.0. The zero-order valence-corrected chi connectivity index (χ0v) is 23.1. The lowest BCUT2D eigenvalue weighted by molar-refractivity contribution is -0.113. The van der Waals surface area contributed by atoms with Crippen molar-refractivity contribution in [2.75, 3.05) is 19.7 Å². The Labute approximate surface area is 228 Å². The number of carbonyl (C=O) groups excluding carboxylic acids is 1. The molecular weight excluding hydrogens is 496 g/mol. The van der Waals surface area contributed by atoms with Gasteiger partial charge in [-0.25, -0.2) is 4.68 Å². The van der Waals surface area contributed by atoms with Crippen LogP contribution in [0.4, 0.5) is 0 Å². The number of morpholine rings is 1. The molecule has 2 atom stereocenters. The largest absolute Gasteiger partial charge is 0.494 e. The first-order valence-corrected chi connectivity index (χ1v) is 14.0. The molecular formula is C30H34N4O3S. The second-order valence-electron chi connectivity index (χ2n) is 10.2. The molecule has 7 nitrogen and oxygen atoms in total. The van der Waals surface area contributed by atoms with Crippen molar-refractivity contribution >= 4 is 28.9 Å². The standard InChI is InChI=1S/C30H34N4O3S/c1-20(2)14-15-36-26-12-10-23(11-13-26)28-24(19-34(32-28)25-8-6-5-7-9-25)16-27-29(35)31-30(38-27)33-17-21(3)37-22(4)18-33/h5-13,16,19-22H,14-15,17-18H2,1-4H3/b27-16-. The van der Waals surface area contributed by atoms with Gasteiger partial charge in [0.2, 0.25) is 0 Å². The van der Waals surface area contributed by atoms with E-state index in [2.05, 4.69) is 23.7 Å². The fourth-order valence-corrected chi connectivity index (χ4v) is 5.48. The van der Waals surface area contributed by atoms with Crippen LogP contribution in [-0.4, -0.2) is 57.7 Å². The molecule has 198 valence electrons. The molecule has 2 unspecified atom stereocenters. The number of hydrogen-bond donors (Lipinski definition) is 0. The summed E-state index contributed by atoms with van der Waals surface area (Å²) in [5.41, 5.74) is 3.56. The first-order valence-electron chi connectivity index (χ1n) is 13.2. The summed E-state index contributed by atoms with van der Waals surface area (Å²) in [5, 5.41) is 5.65. The number of nitrogens with zero attached hydrogens (tertiary/aromatic N) is 4. The van der Waals surface area contributed by atoms with Gasteiger partial charge in [-0.3, -0.25) is 4.79 Å². The van der Waals surface area contributed by atoms with E-state index in [4.69, 9.17) is 14.6 Å². The van der Waals surface area contributed by atoms with Gasteiger partial charge in [0.1, 0.15) is 5.75 Å². The van der Waals surface area contributed by atoms with Gasteiger partial charge in [0, 0.05) is 30.4 Å². The van der Waals surface area contributed by atoms with Gasteiger partial charge in [0.05, 0.1) is 35.1 Å². The average molecular weight is 531 g/mol. The van der Waals surface area contributed by atoms with Crippen molar-refractivity contribution in [1.29, 1.82) is 0 Å². The van der Waals surface area contributed by atoms with Crippen LogP contribution >= 0.6 is 11.8 Å². The Morgan fingerprint density at radius 1 is 1.08 bits per heavy atom. The third-order valence-corrected chi connectivity index (χ3v) is 7.49. The Kier molecular flexibility index (Phi) is 8.00. The molecule has 5 rings (SSSR count). The Morgan fingerprint density at radius 3 is 2.47 bits per heavy atom. The topological polar surface area (TPSA) is 68.9 Å². The highest BCUT2D eigenvalue weighted by molar-refractivity contribution is 8.18. The Morgan fingerprint density at radius 2 is 1.79 bits per heavy atom. The monoisotopic (exact) mass is 530 g/mol. The molecule has 2 aliphatic heterocycles. The van der Waals surface area contributed by atoms with Crippen molar-refractivity contribution in [1.82, 2.24) is 14.7 Å². The van der Waals surface area contributed by atoms with Crippen LogP contribution in [0.3, 0.4) is 0 Å². The molecule has 1 saturated heterocycles. The maximum Gasteiger partial charge on any atom is 0.286 e. The van der Waals surface area contributed by atoms with E-state index in [1.807, 2.05) is 85.4 Å². The lowest BCUT2D eigenvalue weighted by Crippen LogP contribution is -2.47. The van der Waals surface area contributed by atoms with Crippen LogP contribution in [-0.2, 0) is 9.53 Å². The van der Waals surface area contributed by atoms with Crippen LogP contribution in [0.5, 0.6) is 5.75 Å². The maximum atomic E-state index is 12.9. The molecule has 2 aromatic carbocycles. The molecule has 0 N–H and O–H groups in total. The van der Waals surface area contributed by atoms with E-state index >= 15 is 0 Å². The molecule has 0 bridgehead atoms. The number of benzene rings is 2. The van der Waals surface area contributed by atoms with Crippen LogP contribution in [0.2, 0.25) is 0 Å². The molecule has 0 aliphatic carbocycles. The molecule has 1 fully saturated rings. The number of aromatic nitrogens is 2. The van der Waals surface area contributed by atoms with E-state index in [1.165, 1.54) is 11.8 Å². The normalized spacial score (nSPS) is 20.9. The number of amidine groups is 1. The highest BCUT2D eigenvalue weighted by Crippen LogP contribution is 2.34. The van der Waals surface area contributed by atoms with Crippen molar-refractivity contribution in [3.05, 3.63) is 71.3 Å². The van der Waals surface area contributed by atoms with Crippen LogP contribution in [0.1, 0.15) is 39.7 Å². The summed E-state index contributed by atoms with van der Waals surface area (Å²) in [7, 11) is 0. The Bertz CT molecular complexity index is 1320. The van der Waals surface area contributed by atoms with E-state index in [9.17, 15) is 4.79 Å². The third-order valence-electron chi connectivity index (χ3n) is 6.44. The van der Waals surface area contributed by atoms with Gasteiger partial charge in [-0.15, -0.1) is 0 Å². The third kappa shape index (κ3) is 6.19. The minimum Gasteiger partial charge on any atom is -0.494 e. The smallest absolute Gasteiger partial charge is 0.286 e. The van der Waals surface area contributed by atoms with Crippen LogP contribution < -0.4 is 4.74 Å². The van der Waals surface area contributed by atoms with Crippen LogP contribution in [0.15, 0.2) is 70.7 Å². The van der Waals surface area contributed by atoms with Crippen molar-refractivity contribution in [2.24, 2.45) is 10.9 Å². The van der Waals surface area contributed by atoms with Crippen molar-refractivity contribution in [3.63, 3.8) is 0 Å². The summed E-state index contributed by atoms with van der Waals surface area (Å²) in [5.74, 6) is 1.22. The summed E-state index contributed by atoms with van der Waals surface area (Å²) in [6.07, 6.45) is 5.08. The zero-order chi connectivity index (χ0) is 26.6. The molecule has 0 saturated carbocycles. The van der Waals surface area contributed by atoms with Crippen LogP contribution in [0.25, 0.3) is 23.0 Å². The van der Waals surface area contributed by atoms with Gasteiger partial charge in [-0.05, 0) is 80.4 Å². The fraction of sp³-hybridized carbons (Fsp3) is 0.367. The predicted octanol–water partition coefficient (Wildman–Crippen LogP) is 6.04. The maximum absolute atomic E-state index is 12.9. The SMILES string of the molecule is CC(C)CCOc1ccc(-c2nn(-c3ccccc3)cc2/C=C2\SC(N3CC(C)OC(C)C3)=NC2=O)cc1. The molecule has 0 radical (unpaired) electrons. The number of rotatable bonds is 7. The molecule has 38 heavy (non-hydrogen) atoms. The minimum absolute atomic E-state index is 0.0956. The number of amides is 1. The molecule has 2 aliphatic rings. The number of para-hydroxylation sites is 1. The highest BCUT2D eigenvalue weighted by Gasteiger charge is 2.31. The van der Waals surface area contributed by atoms with E-state index in [0.717, 1.165) is 52.9 Å². The first kappa shape index (κ1) is 26.3. The number of thioether (sulfide) groups is 1. The van der Waals surface area contributed by atoms with E-state index in [1.54, 1.807) is 0 Å². The van der Waals surface area contributed by atoms with Crippen LogP contribution in [0, 0.1) is 5.92 Å². The molecule has 8 heteroatoms. The summed E-state index contributed by atoms with van der Waals surface area (Å²) in [4.78, 5) is 20.1. The number of ether oxygens (including phenoxy) is 2. The summed E-state index contributed by atoms with van der Waals surface area (Å²) >= 11 is 1.42. The highest BCUT2D eigenvalue weighted by atomic mass is 32.2. The van der Waals surface area contributed by atoms with Gasteiger partial charge in [-0.1, -0.05) is 32.0 Å². The predicted molar refractivity (Wildman–Crippen MR) is 154 cm³/mol. The minimum atomic E-state index is -0.218. The number of aliphatic imine (C=N–C) groups is 1. The van der Waals surface area contributed by atoms with Gasteiger partial charge >= 0.3 is 0 Å². The van der Waals surface area contributed by atoms with Crippen molar-refractivity contribution in [2.45, 2.75) is 46.3 Å². The van der Waals surface area contributed by atoms with E-state index < -0.39 is 0 Å². The van der Waals surface area contributed by atoms with Gasteiger partial charge < -0.3 is 14.4 Å². The summed E-state index contributed by atoms with van der Waals surface area (Å²) < 4.78 is 13.6.